The summed E-state index contributed by atoms with van der Waals surface area (Å²) < 4.78 is 11.6. The van der Waals surface area contributed by atoms with Crippen LogP contribution in [0, 0.1) is 6.92 Å². The van der Waals surface area contributed by atoms with Gasteiger partial charge >= 0.3 is 0 Å². The second-order valence-corrected chi connectivity index (χ2v) is 6.52. The monoisotopic (exact) mass is 294 g/mol. The highest BCUT2D eigenvalue weighted by Gasteiger charge is 2.22. The summed E-state index contributed by atoms with van der Waals surface area (Å²) in [5.74, 6) is 7.45. The second-order valence-electron chi connectivity index (χ2n) is 6.52. The maximum absolute atomic E-state index is 5.88. The van der Waals surface area contributed by atoms with E-state index in [0.29, 0.717) is 24.1 Å². The molecule has 3 N–H and O–H groups in total. The molecule has 0 aromatic carbocycles. The van der Waals surface area contributed by atoms with Crippen molar-refractivity contribution in [3.05, 3.63) is 11.4 Å². The smallest absolute Gasteiger partial charge is 0.221 e. The minimum absolute atomic E-state index is 0.153. The Labute approximate surface area is 126 Å². The first kappa shape index (κ1) is 16.0. The summed E-state index contributed by atoms with van der Waals surface area (Å²) in [4.78, 5) is 9.01. The first-order chi connectivity index (χ1) is 9.91. The van der Waals surface area contributed by atoms with Crippen LogP contribution in [0.25, 0.3) is 0 Å². The number of aromatic nitrogens is 2. The number of hydrazine groups is 1. The summed E-state index contributed by atoms with van der Waals surface area (Å²) in [5, 5.41) is 0. The molecule has 1 fully saturated rings. The van der Waals surface area contributed by atoms with Gasteiger partial charge in [0.05, 0.1) is 11.7 Å². The highest BCUT2D eigenvalue weighted by atomic mass is 16.5. The van der Waals surface area contributed by atoms with Gasteiger partial charge in [0.15, 0.2) is 5.82 Å². The van der Waals surface area contributed by atoms with Crippen LogP contribution in [0.2, 0.25) is 0 Å². The average molecular weight is 294 g/mol. The normalized spacial score (nSPS) is 19.4. The Kier molecular flexibility index (Phi) is 5.00. The molecule has 1 saturated heterocycles. The van der Waals surface area contributed by atoms with E-state index in [1.54, 1.807) is 0 Å². The molecule has 118 valence electrons. The molecule has 21 heavy (non-hydrogen) atoms. The lowest BCUT2D eigenvalue weighted by molar-refractivity contribution is -0.0121. The predicted octanol–water partition coefficient (Wildman–Crippen LogP) is 2.32. The van der Waals surface area contributed by atoms with Crippen LogP contribution in [0.1, 0.15) is 51.4 Å². The zero-order valence-corrected chi connectivity index (χ0v) is 13.4. The van der Waals surface area contributed by atoms with Gasteiger partial charge in [-0.2, -0.15) is 4.98 Å². The fourth-order valence-electron chi connectivity index (χ4n) is 2.22. The minimum atomic E-state index is -0.168. The van der Waals surface area contributed by atoms with Crippen LogP contribution in [-0.4, -0.2) is 29.3 Å². The third-order valence-corrected chi connectivity index (χ3v) is 3.59. The van der Waals surface area contributed by atoms with Gasteiger partial charge in [0.1, 0.15) is 12.4 Å². The molecule has 1 aliphatic rings. The molecule has 1 unspecified atom stereocenters. The zero-order valence-electron chi connectivity index (χ0n) is 13.4. The summed E-state index contributed by atoms with van der Waals surface area (Å²) in [6.45, 7) is 9.42. The van der Waals surface area contributed by atoms with Gasteiger partial charge < -0.3 is 14.9 Å². The van der Waals surface area contributed by atoms with Gasteiger partial charge in [-0.1, -0.05) is 20.8 Å². The highest BCUT2D eigenvalue weighted by molar-refractivity contribution is 5.48. The Bertz CT molecular complexity index is 479. The summed E-state index contributed by atoms with van der Waals surface area (Å²) in [6, 6.07) is 0. The van der Waals surface area contributed by atoms with Gasteiger partial charge in [-0.3, -0.25) is 0 Å². The van der Waals surface area contributed by atoms with E-state index < -0.39 is 0 Å². The fourth-order valence-corrected chi connectivity index (χ4v) is 2.22. The van der Waals surface area contributed by atoms with E-state index in [-0.39, 0.29) is 11.5 Å². The molecule has 1 aliphatic heterocycles. The number of nitrogens with one attached hydrogen (secondary N) is 1. The van der Waals surface area contributed by atoms with Crippen LogP contribution < -0.4 is 16.0 Å². The van der Waals surface area contributed by atoms with Gasteiger partial charge in [-0.05, 0) is 26.2 Å². The second kappa shape index (κ2) is 6.58. The maximum Gasteiger partial charge on any atom is 0.221 e. The molecule has 0 spiro atoms. The van der Waals surface area contributed by atoms with E-state index in [0.717, 1.165) is 25.0 Å². The van der Waals surface area contributed by atoms with Gasteiger partial charge in [0, 0.05) is 12.0 Å². The number of hydrogen-bond acceptors (Lipinski definition) is 6. The third kappa shape index (κ3) is 4.04. The van der Waals surface area contributed by atoms with Gasteiger partial charge in [-0.25, -0.2) is 10.8 Å². The Morgan fingerprint density at radius 2 is 2.10 bits per heavy atom. The summed E-state index contributed by atoms with van der Waals surface area (Å²) in [5.41, 5.74) is 3.28. The van der Waals surface area contributed by atoms with E-state index in [1.807, 2.05) is 6.92 Å². The molecule has 0 saturated carbocycles. The average Bonchev–Trinajstić information content (AvgIpc) is 2.46. The summed E-state index contributed by atoms with van der Waals surface area (Å²) >= 11 is 0. The third-order valence-electron chi connectivity index (χ3n) is 3.59. The van der Waals surface area contributed by atoms with Crippen LogP contribution in [0.3, 0.4) is 0 Å². The van der Waals surface area contributed by atoms with Crippen molar-refractivity contribution < 1.29 is 9.47 Å². The quantitative estimate of drug-likeness (QED) is 0.655. The molecule has 0 bridgehead atoms. The molecule has 0 aliphatic carbocycles. The molecular weight excluding hydrogens is 268 g/mol. The van der Waals surface area contributed by atoms with E-state index in [1.165, 1.54) is 6.42 Å². The molecule has 2 heterocycles. The number of nitrogen functional groups attached to an aromatic ring is 1. The molecular formula is C15H26N4O2. The van der Waals surface area contributed by atoms with E-state index >= 15 is 0 Å². The lowest BCUT2D eigenvalue weighted by Gasteiger charge is -2.24. The van der Waals surface area contributed by atoms with E-state index in [9.17, 15) is 0 Å². The highest BCUT2D eigenvalue weighted by Crippen LogP contribution is 2.27. The molecule has 6 nitrogen and oxygen atoms in total. The predicted molar refractivity (Wildman–Crippen MR) is 82.4 cm³/mol. The standard InChI is InChI=1S/C15H26N4O2/c1-10-12(19-16)17-14(15(2,3)4)18-13(10)21-9-11-7-5-6-8-20-11/h11H,5-9,16H2,1-4H3,(H,17,18,19). The van der Waals surface area contributed by atoms with Gasteiger partial charge in [0.2, 0.25) is 5.88 Å². The Morgan fingerprint density at radius 3 is 2.67 bits per heavy atom. The Balaban J connectivity index is 2.16. The van der Waals surface area contributed by atoms with Crippen molar-refractivity contribution in [3.63, 3.8) is 0 Å². The topological polar surface area (TPSA) is 82.3 Å². The van der Waals surface area contributed by atoms with Crippen molar-refractivity contribution >= 4 is 5.82 Å². The lowest BCUT2D eigenvalue weighted by Crippen LogP contribution is -2.27. The molecule has 2 rings (SSSR count). The van der Waals surface area contributed by atoms with Crippen molar-refractivity contribution in [2.75, 3.05) is 18.6 Å². The molecule has 0 amide bonds. The Hall–Kier alpha value is -1.40. The fraction of sp³-hybridized carbons (Fsp3) is 0.733. The lowest BCUT2D eigenvalue weighted by atomic mass is 9.95. The number of rotatable bonds is 4. The van der Waals surface area contributed by atoms with Crippen LogP contribution in [-0.2, 0) is 10.2 Å². The number of nitrogens with zero attached hydrogens (tertiary/aromatic N) is 2. The molecule has 1 atom stereocenters. The van der Waals surface area contributed by atoms with Gasteiger partial charge in [-0.15, -0.1) is 0 Å². The molecule has 1 aromatic heterocycles. The zero-order chi connectivity index (χ0) is 15.5. The largest absolute Gasteiger partial charge is 0.475 e. The molecule has 0 radical (unpaired) electrons. The van der Waals surface area contributed by atoms with Gasteiger partial charge in [0.25, 0.3) is 0 Å². The van der Waals surface area contributed by atoms with Crippen LogP contribution >= 0.6 is 0 Å². The maximum atomic E-state index is 5.88. The number of anilines is 1. The van der Waals surface area contributed by atoms with Crippen LogP contribution in [0.4, 0.5) is 5.82 Å². The minimum Gasteiger partial charge on any atom is -0.475 e. The first-order valence-corrected chi connectivity index (χ1v) is 7.52. The number of nitrogens with two attached hydrogens (primary N) is 1. The Morgan fingerprint density at radius 1 is 1.33 bits per heavy atom. The number of hydrogen-bond donors (Lipinski definition) is 2. The van der Waals surface area contributed by atoms with E-state index in [2.05, 4.69) is 36.2 Å². The van der Waals surface area contributed by atoms with Crippen LogP contribution in [0.5, 0.6) is 5.88 Å². The molecule has 6 heteroatoms. The van der Waals surface area contributed by atoms with E-state index in [4.69, 9.17) is 15.3 Å². The summed E-state index contributed by atoms with van der Waals surface area (Å²) in [7, 11) is 0. The number of ether oxygens (including phenoxy) is 2. The SMILES string of the molecule is Cc1c(NN)nc(C(C)(C)C)nc1OCC1CCCCO1. The van der Waals surface area contributed by atoms with Crippen molar-refractivity contribution in [2.45, 2.75) is 58.5 Å². The first-order valence-electron chi connectivity index (χ1n) is 7.52. The van der Waals surface area contributed by atoms with Crippen LogP contribution in [0.15, 0.2) is 0 Å². The van der Waals surface area contributed by atoms with Crippen molar-refractivity contribution in [1.82, 2.24) is 9.97 Å². The van der Waals surface area contributed by atoms with Crippen molar-refractivity contribution in [2.24, 2.45) is 5.84 Å². The summed E-state index contributed by atoms with van der Waals surface area (Å²) in [6.07, 6.45) is 3.52. The van der Waals surface area contributed by atoms with Crippen molar-refractivity contribution in [3.8, 4) is 5.88 Å². The molecule has 1 aromatic rings. The van der Waals surface area contributed by atoms with Crippen molar-refractivity contribution in [1.29, 1.82) is 0 Å².